The number of halogens is 1. The molecule has 2 amide bonds. The molecule has 1 atom stereocenters. The minimum Gasteiger partial charge on any atom is -0.479 e. The number of ether oxygens (including phenoxy) is 1. The largest absolute Gasteiger partial charge is 0.479 e. The number of urea groups is 1. The highest BCUT2D eigenvalue weighted by atomic mass is 19.1. The van der Waals surface area contributed by atoms with Gasteiger partial charge in [-0.25, -0.2) is 14.0 Å². The van der Waals surface area contributed by atoms with Crippen molar-refractivity contribution in [2.45, 2.75) is 18.5 Å². The predicted molar refractivity (Wildman–Crippen MR) is 67.6 cm³/mol. The summed E-state index contributed by atoms with van der Waals surface area (Å²) in [6, 6.07) is 5.37. The van der Waals surface area contributed by atoms with Crippen molar-refractivity contribution in [3.05, 3.63) is 35.6 Å². The number of carbonyl (C=O) groups is 2. The molecule has 1 heterocycles. The summed E-state index contributed by atoms with van der Waals surface area (Å²) >= 11 is 0. The zero-order chi connectivity index (χ0) is 14.6. The smallest absolute Gasteiger partial charge is 0.332 e. The van der Waals surface area contributed by atoms with Gasteiger partial charge in [0, 0.05) is 25.1 Å². The number of hydrogen-bond acceptors (Lipinski definition) is 3. The zero-order valence-electron chi connectivity index (χ0n) is 10.7. The van der Waals surface area contributed by atoms with Crippen LogP contribution < -0.4 is 10.6 Å². The molecule has 0 spiro atoms. The van der Waals surface area contributed by atoms with Gasteiger partial charge in [0.25, 0.3) is 0 Å². The molecule has 1 aromatic carbocycles. The van der Waals surface area contributed by atoms with Crippen molar-refractivity contribution in [1.29, 1.82) is 0 Å². The highest BCUT2D eigenvalue weighted by molar-refractivity contribution is 5.86. The van der Waals surface area contributed by atoms with E-state index in [2.05, 4.69) is 10.6 Å². The first-order valence-corrected chi connectivity index (χ1v) is 6.14. The van der Waals surface area contributed by atoms with E-state index >= 15 is 0 Å². The summed E-state index contributed by atoms with van der Waals surface area (Å²) in [5.74, 6) is -1.57. The van der Waals surface area contributed by atoms with Gasteiger partial charge in [-0.1, -0.05) is 18.2 Å². The molecule has 1 aromatic rings. The normalized spacial score (nSPS) is 21.4. The van der Waals surface area contributed by atoms with Gasteiger partial charge < -0.3 is 20.5 Å². The number of carbonyl (C=O) groups excluding carboxylic acids is 1. The van der Waals surface area contributed by atoms with Gasteiger partial charge in [0.1, 0.15) is 5.82 Å². The Bertz CT molecular complexity index is 515. The topological polar surface area (TPSA) is 87.7 Å². The van der Waals surface area contributed by atoms with Crippen molar-refractivity contribution in [3.8, 4) is 0 Å². The number of aliphatic carboxylic acids is 1. The van der Waals surface area contributed by atoms with Gasteiger partial charge in [-0.05, 0) is 6.07 Å². The molecule has 1 aliphatic heterocycles. The van der Waals surface area contributed by atoms with E-state index in [0.29, 0.717) is 5.56 Å². The van der Waals surface area contributed by atoms with Crippen LogP contribution >= 0.6 is 0 Å². The van der Waals surface area contributed by atoms with Crippen LogP contribution in [0.15, 0.2) is 24.3 Å². The Kier molecular flexibility index (Phi) is 4.19. The Morgan fingerprint density at radius 1 is 1.40 bits per heavy atom. The molecule has 1 unspecified atom stereocenters. The Labute approximate surface area is 114 Å². The van der Waals surface area contributed by atoms with Crippen LogP contribution in [0, 0.1) is 5.82 Å². The fraction of sp³-hybridized carbons (Fsp3) is 0.385. The quantitative estimate of drug-likeness (QED) is 0.764. The summed E-state index contributed by atoms with van der Waals surface area (Å²) in [4.78, 5) is 22.9. The average Bonchev–Trinajstić information content (AvgIpc) is 2.88. The third kappa shape index (κ3) is 3.05. The van der Waals surface area contributed by atoms with Crippen LogP contribution in [0.5, 0.6) is 0 Å². The van der Waals surface area contributed by atoms with Crippen molar-refractivity contribution in [2.75, 3.05) is 13.2 Å². The lowest BCUT2D eigenvalue weighted by atomic mass is 9.99. The fourth-order valence-electron chi connectivity index (χ4n) is 1.96. The van der Waals surface area contributed by atoms with Crippen LogP contribution in [-0.4, -0.2) is 35.9 Å². The molecule has 1 aliphatic rings. The van der Waals surface area contributed by atoms with E-state index in [9.17, 15) is 14.0 Å². The third-order valence-corrected chi connectivity index (χ3v) is 3.18. The van der Waals surface area contributed by atoms with E-state index < -0.39 is 23.4 Å². The standard InChI is InChI=1S/C13H15FN2O4/c14-10-4-2-1-3-9(10)7-15-12(19)16-13(11(17)18)5-6-20-8-13/h1-4H,5-8H2,(H,17,18)(H2,15,16,19). The summed E-state index contributed by atoms with van der Waals surface area (Å²) in [5, 5.41) is 14.0. The maximum atomic E-state index is 13.4. The lowest BCUT2D eigenvalue weighted by Gasteiger charge is -2.23. The molecule has 6 nitrogen and oxygen atoms in total. The van der Waals surface area contributed by atoms with Gasteiger partial charge in [-0.2, -0.15) is 0 Å². The van der Waals surface area contributed by atoms with Gasteiger partial charge in [0.2, 0.25) is 0 Å². The van der Waals surface area contributed by atoms with E-state index in [1.54, 1.807) is 18.2 Å². The molecule has 108 valence electrons. The molecule has 3 N–H and O–H groups in total. The number of hydrogen-bond donors (Lipinski definition) is 3. The van der Waals surface area contributed by atoms with Crippen molar-refractivity contribution in [2.24, 2.45) is 0 Å². The Morgan fingerprint density at radius 3 is 2.75 bits per heavy atom. The first-order valence-electron chi connectivity index (χ1n) is 6.14. The summed E-state index contributed by atoms with van der Waals surface area (Å²) in [7, 11) is 0. The maximum absolute atomic E-state index is 13.4. The first-order chi connectivity index (χ1) is 9.53. The molecule has 20 heavy (non-hydrogen) atoms. The van der Waals surface area contributed by atoms with Crippen molar-refractivity contribution in [1.82, 2.24) is 10.6 Å². The molecular formula is C13H15FN2O4. The van der Waals surface area contributed by atoms with Crippen LogP contribution in [0.2, 0.25) is 0 Å². The van der Waals surface area contributed by atoms with Gasteiger partial charge in [0.05, 0.1) is 6.61 Å². The summed E-state index contributed by atoms with van der Waals surface area (Å²) in [6.07, 6.45) is 0.204. The lowest BCUT2D eigenvalue weighted by molar-refractivity contribution is -0.144. The molecule has 0 aliphatic carbocycles. The minimum atomic E-state index is -1.40. The maximum Gasteiger partial charge on any atom is 0.332 e. The van der Waals surface area contributed by atoms with E-state index in [4.69, 9.17) is 9.84 Å². The second kappa shape index (κ2) is 5.87. The highest BCUT2D eigenvalue weighted by Crippen LogP contribution is 2.18. The molecular weight excluding hydrogens is 267 g/mol. The summed E-state index contributed by atoms with van der Waals surface area (Å²) in [5.41, 5.74) is -1.08. The molecule has 1 saturated heterocycles. The number of rotatable bonds is 4. The second-order valence-corrected chi connectivity index (χ2v) is 4.59. The summed E-state index contributed by atoms with van der Waals surface area (Å²) < 4.78 is 18.4. The molecule has 0 bridgehead atoms. The number of nitrogens with one attached hydrogen (secondary N) is 2. The molecule has 0 saturated carbocycles. The van der Waals surface area contributed by atoms with Crippen LogP contribution in [0.3, 0.4) is 0 Å². The van der Waals surface area contributed by atoms with Crippen molar-refractivity contribution < 1.29 is 23.8 Å². The van der Waals surface area contributed by atoms with Crippen molar-refractivity contribution >= 4 is 12.0 Å². The molecule has 1 fully saturated rings. The number of benzene rings is 1. The SMILES string of the molecule is O=C(NCc1ccccc1F)NC1(C(=O)O)CCOC1. The zero-order valence-corrected chi connectivity index (χ0v) is 10.7. The van der Waals surface area contributed by atoms with Crippen LogP contribution in [-0.2, 0) is 16.1 Å². The van der Waals surface area contributed by atoms with Gasteiger partial charge in [0.15, 0.2) is 5.54 Å². The third-order valence-electron chi connectivity index (χ3n) is 3.18. The lowest BCUT2D eigenvalue weighted by Crippen LogP contribution is -2.57. The van der Waals surface area contributed by atoms with E-state index in [0.717, 1.165) is 0 Å². The van der Waals surface area contributed by atoms with E-state index in [-0.39, 0.29) is 26.2 Å². The van der Waals surface area contributed by atoms with Gasteiger partial charge in [-0.3, -0.25) is 0 Å². The predicted octanol–water partition coefficient (Wildman–Crippen LogP) is 0.869. The number of amides is 2. The second-order valence-electron chi connectivity index (χ2n) is 4.59. The molecule has 0 aromatic heterocycles. The molecule has 7 heteroatoms. The Morgan fingerprint density at radius 2 is 2.15 bits per heavy atom. The molecule has 2 rings (SSSR count). The first kappa shape index (κ1) is 14.3. The monoisotopic (exact) mass is 282 g/mol. The Balaban J connectivity index is 1.92. The number of carboxylic acid groups (broad SMARTS) is 1. The molecule has 0 radical (unpaired) electrons. The highest BCUT2D eigenvalue weighted by Gasteiger charge is 2.43. The van der Waals surface area contributed by atoms with Crippen molar-refractivity contribution in [3.63, 3.8) is 0 Å². The van der Waals surface area contributed by atoms with E-state index in [1.807, 2.05) is 0 Å². The van der Waals surface area contributed by atoms with Crippen LogP contribution in [0.1, 0.15) is 12.0 Å². The Hall–Kier alpha value is -2.15. The minimum absolute atomic E-state index is 0.0188. The average molecular weight is 282 g/mol. The summed E-state index contributed by atoms with van der Waals surface area (Å²) in [6.45, 7) is 0.185. The number of carboxylic acids is 1. The van der Waals surface area contributed by atoms with Gasteiger partial charge >= 0.3 is 12.0 Å². The van der Waals surface area contributed by atoms with E-state index in [1.165, 1.54) is 6.07 Å². The van der Waals surface area contributed by atoms with Crippen LogP contribution in [0.25, 0.3) is 0 Å². The van der Waals surface area contributed by atoms with Crippen LogP contribution in [0.4, 0.5) is 9.18 Å². The fourth-order valence-corrected chi connectivity index (χ4v) is 1.96. The van der Waals surface area contributed by atoms with Gasteiger partial charge in [-0.15, -0.1) is 0 Å².